The Kier molecular flexibility index (Phi) is 6.50. The smallest absolute Gasteiger partial charge is 0.248 e. The largest absolute Gasteiger partial charge is 0.491 e. The number of para-hydroxylation sites is 1. The van der Waals surface area contributed by atoms with E-state index < -0.39 is 0 Å². The molecule has 5 heteroatoms. The molecule has 1 fully saturated rings. The minimum atomic E-state index is 0.0336. The Balaban J connectivity index is 1.65. The molecule has 1 aromatic rings. The second-order valence-electron chi connectivity index (χ2n) is 5.07. The summed E-state index contributed by atoms with van der Waals surface area (Å²) < 4.78 is 16.3. The van der Waals surface area contributed by atoms with Crippen LogP contribution in [0.4, 0.5) is 0 Å². The van der Waals surface area contributed by atoms with Crippen LogP contribution in [0.1, 0.15) is 12.8 Å². The molecule has 1 amide bonds. The van der Waals surface area contributed by atoms with Crippen LogP contribution in [0.3, 0.4) is 0 Å². The third kappa shape index (κ3) is 5.36. The molecule has 0 aliphatic carbocycles. The molecule has 0 spiro atoms. The number of benzene rings is 1. The van der Waals surface area contributed by atoms with E-state index in [0.29, 0.717) is 19.8 Å². The van der Waals surface area contributed by atoms with Crippen molar-refractivity contribution in [1.82, 2.24) is 4.90 Å². The van der Waals surface area contributed by atoms with E-state index in [4.69, 9.17) is 14.2 Å². The van der Waals surface area contributed by atoms with Crippen LogP contribution in [0.15, 0.2) is 30.3 Å². The Morgan fingerprint density at radius 2 is 2.10 bits per heavy atom. The Bertz CT molecular complexity index is 424. The first kappa shape index (κ1) is 15.8. The zero-order valence-electron chi connectivity index (χ0n) is 12.5. The molecule has 0 radical (unpaired) electrons. The van der Waals surface area contributed by atoms with Gasteiger partial charge in [0.05, 0.1) is 12.7 Å². The maximum atomic E-state index is 11.8. The second-order valence-corrected chi connectivity index (χ2v) is 5.07. The van der Waals surface area contributed by atoms with Crippen LogP contribution in [0.5, 0.6) is 5.75 Å². The molecule has 1 unspecified atom stereocenters. The van der Waals surface area contributed by atoms with Crippen LogP contribution in [-0.2, 0) is 14.3 Å². The van der Waals surface area contributed by atoms with Crippen molar-refractivity contribution in [3.05, 3.63) is 30.3 Å². The van der Waals surface area contributed by atoms with Crippen LogP contribution in [0.2, 0.25) is 0 Å². The molecule has 0 saturated carbocycles. The van der Waals surface area contributed by atoms with Gasteiger partial charge in [0.15, 0.2) is 0 Å². The van der Waals surface area contributed by atoms with E-state index in [9.17, 15) is 4.79 Å². The highest BCUT2D eigenvalue weighted by molar-refractivity contribution is 5.77. The SMILES string of the molecule is COCC(=O)N1CCCC(OCCOc2ccccc2)C1. The Morgan fingerprint density at radius 3 is 2.86 bits per heavy atom. The van der Waals surface area contributed by atoms with Crippen molar-refractivity contribution in [1.29, 1.82) is 0 Å². The van der Waals surface area contributed by atoms with Gasteiger partial charge in [0, 0.05) is 20.2 Å². The number of methoxy groups -OCH3 is 1. The highest BCUT2D eigenvalue weighted by Crippen LogP contribution is 2.14. The highest BCUT2D eigenvalue weighted by Gasteiger charge is 2.23. The van der Waals surface area contributed by atoms with Crippen LogP contribution < -0.4 is 4.74 Å². The van der Waals surface area contributed by atoms with Gasteiger partial charge in [-0.3, -0.25) is 4.79 Å². The lowest BCUT2D eigenvalue weighted by atomic mass is 10.1. The molecule has 5 nitrogen and oxygen atoms in total. The van der Waals surface area contributed by atoms with E-state index in [-0.39, 0.29) is 18.6 Å². The molecular weight excluding hydrogens is 270 g/mol. The van der Waals surface area contributed by atoms with Crippen LogP contribution in [0.25, 0.3) is 0 Å². The first-order valence-corrected chi connectivity index (χ1v) is 7.36. The number of rotatable bonds is 7. The zero-order valence-corrected chi connectivity index (χ0v) is 12.5. The average molecular weight is 293 g/mol. The molecule has 0 bridgehead atoms. The van der Waals surface area contributed by atoms with Crippen molar-refractivity contribution in [2.45, 2.75) is 18.9 Å². The molecule has 2 rings (SSSR count). The summed E-state index contributed by atoms with van der Waals surface area (Å²) in [5.74, 6) is 0.882. The normalized spacial score (nSPS) is 18.5. The summed E-state index contributed by atoms with van der Waals surface area (Å²) in [5.41, 5.74) is 0. The van der Waals surface area contributed by atoms with E-state index in [1.807, 2.05) is 35.2 Å². The molecule has 21 heavy (non-hydrogen) atoms. The lowest BCUT2D eigenvalue weighted by Crippen LogP contribution is -2.44. The average Bonchev–Trinajstić information content (AvgIpc) is 2.53. The molecule has 1 aliphatic heterocycles. The third-order valence-corrected chi connectivity index (χ3v) is 3.45. The Labute approximate surface area is 125 Å². The van der Waals surface area contributed by atoms with Gasteiger partial charge >= 0.3 is 0 Å². The van der Waals surface area contributed by atoms with Gasteiger partial charge in [-0.05, 0) is 25.0 Å². The summed E-state index contributed by atoms with van der Waals surface area (Å²) in [6, 6.07) is 9.68. The van der Waals surface area contributed by atoms with E-state index in [0.717, 1.165) is 25.1 Å². The predicted molar refractivity (Wildman–Crippen MR) is 79.4 cm³/mol. The number of nitrogens with zero attached hydrogens (tertiary/aromatic N) is 1. The standard InChI is InChI=1S/C16H23NO4/c1-19-13-16(18)17-9-5-8-15(12-17)21-11-10-20-14-6-3-2-4-7-14/h2-4,6-7,15H,5,8-13H2,1H3. The summed E-state index contributed by atoms with van der Waals surface area (Å²) in [7, 11) is 1.54. The van der Waals surface area contributed by atoms with Crippen molar-refractivity contribution in [2.75, 3.05) is 40.0 Å². The van der Waals surface area contributed by atoms with E-state index >= 15 is 0 Å². The summed E-state index contributed by atoms with van der Waals surface area (Å²) in [6.07, 6.45) is 2.06. The predicted octanol–water partition coefficient (Wildman–Crippen LogP) is 1.72. The number of carbonyl (C=O) groups excluding carboxylic acids is 1. The number of likely N-dealkylation sites (tertiary alicyclic amines) is 1. The molecule has 0 aromatic heterocycles. The monoisotopic (exact) mass is 293 g/mol. The molecular formula is C16H23NO4. The first-order chi connectivity index (χ1) is 10.3. The number of amides is 1. The third-order valence-electron chi connectivity index (χ3n) is 3.45. The molecule has 1 aliphatic rings. The minimum Gasteiger partial charge on any atom is -0.491 e. The Hall–Kier alpha value is -1.59. The van der Waals surface area contributed by atoms with Crippen molar-refractivity contribution >= 4 is 5.91 Å². The van der Waals surface area contributed by atoms with Crippen molar-refractivity contribution in [3.63, 3.8) is 0 Å². The van der Waals surface area contributed by atoms with E-state index in [1.165, 1.54) is 7.11 Å². The molecule has 1 aromatic carbocycles. The molecule has 1 atom stereocenters. The van der Waals surface area contributed by atoms with Gasteiger partial charge in [0.25, 0.3) is 0 Å². The van der Waals surface area contributed by atoms with Gasteiger partial charge in [-0.1, -0.05) is 18.2 Å². The molecule has 1 heterocycles. The number of piperidine rings is 1. The lowest BCUT2D eigenvalue weighted by Gasteiger charge is -2.32. The molecule has 116 valence electrons. The fourth-order valence-electron chi connectivity index (χ4n) is 2.41. The van der Waals surface area contributed by atoms with E-state index in [1.54, 1.807) is 0 Å². The summed E-state index contributed by atoms with van der Waals surface area (Å²) in [5, 5.41) is 0. The fraction of sp³-hybridized carbons (Fsp3) is 0.562. The topological polar surface area (TPSA) is 48.0 Å². The zero-order chi connectivity index (χ0) is 14.9. The number of hydrogen-bond acceptors (Lipinski definition) is 4. The number of ether oxygens (including phenoxy) is 3. The van der Waals surface area contributed by atoms with Crippen LogP contribution in [-0.4, -0.2) is 56.9 Å². The quantitative estimate of drug-likeness (QED) is 0.718. The number of hydrogen-bond donors (Lipinski definition) is 0. The van der Waals surface area contributed by atoms with Crippen LogP contribution in [0, 0.1) is 0 Å². The van der Waals surface area contributed by atoms with Crippen LogP contribution >= 0.6 is 0 Å². The minimum absolute atomic E-state index is 0.0336. The number of carbonyl (C=O) groups is 1. The summed E-state index contributed by atoms with van der Waals surface area (Å²) >= 11 is 0. The first-order valence-electron chi connectivity index (χ1n) is 7.36. The molecule has 0 N–H and O–H groups in total. The maximum absolute atomic E-state index is 11.8. The van der Waals surface area contributed by atoms with Crippen molar-refractivity contribution in [3.8, 4) is 5.75 Å². The van der Waals surface area contributed by atoms with Crippen molar-refractivity contribution in [2.24, 2.45) is 0 Å². The van der Waals surface area contributed by atoms with Crippen molar-refractivity contribution < 1.29 is 19.0 Å². The lowest BCUT2D eigenvalue weighted by molar-refractivity contribution is -0.139. The van der Waals surface area contributed by atoms with Gasteiger partial charge in [-0.15, -0.1) is 0 Å². The summed E-state index contributed by atoms with van der Waals surface area (Å²) in [6.45, 7) is 2.64. The van der Waals surface area contributed by atoms with Gasteiger partial charge in [0.2, 0.25) is 5.91 Å². The van der Waals surface area contributed by atoms with E-state index in [2.05, 4.69) is 0 Å². The molecule has 1 saturated heterocycles. The van der Waals surface area contributed by atoms with Gasteiger partial charge in [-0.2, -0.15) is 0 Å². The highest BCUT2D eigenvalue weighted by atomic mass is 16.5. The van der Waals surface area contributed by atoms with Gasteiger partial charge in [-0.25, -0.2) is 0 Å². The maximum Gasteiger partial charge on any atom is 0.248 e. The Morgan fingerprint density at radius 1 is 1.29 bits per heavy atom. The van der Waals surface area contributed by atoms with Gasteiger partial charge in [0.1, 0.15) is 19.0 Å². The van der Waals surface area contributed by atoms with Gasteiger partial charge < -0.3 is 19.1 Å². The summed E-state index contributed by atoms with van der Waals surface area (Å²) in [4.78, 5) is 13.6. The second kappa shape index (κ2) is 8.64. The fourth-order valence-corrected chi connectivity index (χ4v) is 2.41.